The Balaban J connectivity index is 2.45. The number of sulfone groups is 1. The fraction of sp³-hybridized carbons (Fsp3) is 0.533. The number of nitrogens with zero attached hydrogens (tertiary/aromatic N) is 2. The zero-order valence-electron chi connectivity index (χ0n) is 12.9. The highest BCUT2D eigenvalue weighted by Gasteiger charge is 2.20. The molecule has 122 valence electrons. The van der Waals surface area contributed by atoms with Gasteiger partial charge in [-0.25, -0.2) is 13.4 Å². The molecular formula is C15H22ClN3O2S. The molecule has 7 heteroatoms. The SMILES string of the molecule is CC1CCCN(c2ccc(S(C)(=O)=O)c(N=C(N)CCl)c2)C1. The number of hydrogen-bond acceptors (Lipinski definition) is 4. The second-order valence-corrected chi connectivity index (χ2v) is 8.11. The summed E-state index contributed by atoms with van der Waals surface area (Å²) in [6.45, 7) is 4.16. The molecule has 0 spiro atoms. The molecule has 1 atom stereocenters. The van der Waals surface area contributed by atoms with Crippen LogP contribution in [0.15, 0.2) is 28.1 Å². The number of anilines is 1. The van der Waals surface area contributed by atoms with Crippen LogP contribution in [0.25, 0.3) is 0 Å². The van der Waals surface area contributed by atoms with E-state index in [1.807, 2.05) is 6.07 Å². The van der Waals surface area contributed by atoms with E-state index >= 15 is 0 Å². The summed E-state index contributed by atoms with van der Waals surface area (Å²) in [6.07, 6.45) is 3.53. The van der Waals surface area contributed by atoms with Gasteiger partial charge < -0.3 is 10.6 Å². The quantitative estimate of drug-likeness (QED) is 0.518. The van der Waals surface area contributed by atoms with E-state index in [1.54, 1.807) is 12.1 Å². The summed E-state index contributed by atoms with van der Waals surface area (Å²) in [5.74, 6) is 0.896. The summed E-state index contributed by atoms with van der Waals surface area (Å²) in [7, 11) is -3.37. The lowest BCUT2D eigenvalue weighted by atomic mass is 10.00. The van der Waals surface area contributed by atoms with Gasteiger partial charge in [0.15, 0.2) is 9.84 Å². The van der Waals surface area contributed by atoms with E-state index in [0.29, 0.717) is 11.6 Å². The Bertz CT molecular complexity index is 673. The first kappa shape index (κ1) is 17.1. The number of rotatable bonds is 4. The van der Waals surface area contributed by atoms with Gasteiger partial charge in [0.25, 0.3) is 0 Å². The molecule has 0 bridgehead atoms. The van der Waals surface area contributed by atoms with Crippen LogP contribution in [-0.2, 0) is 9.84 Å². The number of amidine groups is 1. The zero-order chi connectivity index (χ0) is 16.3. The zero-order valence-corrected chi connectivity index (χ0v) is 14.5. The topological polar surface area (TPSA) is 75.8 Å². The maximum Gasteiger partial charge on any atom is 0.177 e. The van der Waals surface area contributed by atoms with E-state index in [-0.39, 0.29) is 16.6 Å². The van der Waals surface area contributed by atoms with Gasteiger partial charge in [0.1, 0.15) is 5.84 Å². The third-order valence-electron chi connectivity index (χ3n) is 3.77. The normalized spacial score (nSPS) is 20.2. The van der Waals surface area contributed by atoms with Gasteiger partial charge in [-0.15, -0.1) is 11.6 Å². The van der Waals surface area contributed by atoms with Crippen molar-refractivity contribution in [1.29, 1.82) is 0 Å². The average molecular weight is 344 g/mol. The van der Waals surface area contributed by atoms with Crippen molar-refractivity contribution in [2.24, 2.45) is 16.6 Å². The predicted octanol–water partition coefficient (Wildman–Crippen LogP) is 2.55. The van der Waals surface area contributed by atoms with E-state index < -0.39 is 9.84 Å². The smallest absolute Gasteiger partial charge is 0.177 e. The van der Waals surface area contributed by atoms with Crippen LogP contribution in [0, 0.1) is 5.92 Å². The summed E-state index contributed by atoms with van der Waals surface area (Å²) in [6, 6.07) is 5.22. The summed E-state index contributed by atoms with van der Waals surface area (Å²) in [5.41, 5.74) is 7.01. The van der Waals surface area contributed by atoms with Crippen LogP contribution < -0.4 is 10.6 Å². The minimum atomic E-state index is -3.37. The van der Waals surface area contributed by atoms with Crippen molar-refractivity contribution in [3.05, 3.63) is 18.2 Å². The number of hydrogen-bond donors (Lipinski definition) is 1. The number of benzene rings is 1. The number of alkyl halides is 1. The lowest BCUT2D eigenvalue weighted by Gasteiger charge is -2.33. The standard InChI is InChI=1S/C15H22ClN3O2S/c1-11-4-3-7-19(10-11)12-5-6-14(22(2,20)21)13(8-12)18-15(17)9-16/h5-6,8,11H,3-4,7,9-10H2,1-2H3,(H2,17,18). The molecule has 0 radical (unpaired) electrons. The van der Waals surface area contributed by atoms with Crippen molar-refractivity contribution < 1.29 is 8.42 Å². The molecule has 2 rings (SSSR count). The number of halogens is 1. The van der Waals surface area contributed by atoms with Gasteiger partial charge in [0.2, 0.25) is 0 Å². The first-order valence-corrected chi connectivity index (χ1v) is 9.72. The van der Waals surface area contributed by atoms with Gasteiger partial charge in [-0.3, -0.25) is 0 Å². The molecule has 1 fully saturated rings. The molecule has 1 heterocycles. The minimum absolute atomic E-state index is 0.0637. The Kier molecular flexibility index (Phi) is 5.34. The maximum atomic E-state index is 11.9. The Hall–Kier alpha value is -1.27. The fourth-order valence-corrected chi connectivity index (χ4v) is 3.57. The van der Waals surface area contributed by atoms with Crippen LogP contribution in [-0.4, -0.2) is 39.5 Å². The maximum absolute atomic E-state index is 11.9. The molecule has 1 aromatic carbocycles. The predicted molar refractivity (Wildman–Crippen MR) is 92.2 cm³/mol. The average Bonchev–Trinajstić information content (AvgIpc) is 2.46. The number of nitrogens with two attached hydrogens (primary N) is 1. The van der Waals surface area contributed by atoms with Crippen LogP contribution in [0.5, 0.6) is 0 Å². The Morgan fingerprint density at radius 2 is 2.23 bits per heavy atom. The monoisotopic (exact) mass is 343 g/mol. The van der Waals surface area contributed by atoms with Crippen molar-refractivity contribution >= 4 is 38.6 Å². The largest absolute Gasteiger partial charge is 0.386 e. The molecule has 1 unspecified atom stereocenters. The third kappa shape index (κ3) is 4.14. The molecule has 0 saturated carbocycles. The van der Waals surface area contributed by atoms with Crippen molar-refractivity contribution in [3.63, 3.8) is 0 Å². The molecule has 0 aliphatic carbocycles. The van der Waals surface area contributed by atoms with E-state index in [4.69, 9.17) is 17.3 Å². The van der Waals surface area contributed by atoms with Crippen molar-refractivity contribution in [3.8, 4) is 0 Å². The Labute approximate surface area is 137 Å². The first-order chi connectivity index (χ1) is 10.3. The number of aliphatic imine (C=N–C) groups is 1. The van der Waals surface area contributed by atoms with E-state index in [1.165, 1.54) is 12.7 Å². The molecule has 5 nitrogen and oxygen atoms in total. The first-order valence-electron chi connectivity index (χ1n) is 7.29. The summed E-state index contributed by atoms with van der Waals surface area (Å²) >= 11 is 5.66. The lowest BCUT2D eigenvalue weighted by Crippen LogP contribution is -2.34. The lowest BCUT2D eigenvalue weighted by molar-refractivity contribution is 0.447. The second-order valence-electron chi connectivity index (χ2n) is 5.85. The van der Waals surface area contributed by atoms with E-state index in [9.17, 15) is 8.42 Å². The summed E-state index contributed by atoms with van der Waals surface area (Å²) < 4.78 is 23.8. The van der Waals surface area contributed by atoms with Crippen LogP contribution in [0.3, 0.4) is 0 Å². The molecule has 1 aliphatic heterocycles. The number of piperidine rings is 1. The van der Waals surface area contributed by atoms with Gasteiger partial charge in [0, 0.05) is 25.0 Å². The van der Waals surface area contributed by atoms with Gasteiger partial charge in [-0.1, -0.05) is 6.92 Å². The molecule has 1 saturated heterocycles. The van der Waals surface area contributed by atoms with Crippen LogP contribution in [0.2, 0.25) is 0 Å². The molecular weight excluding hydrogens is 322 g/mol. The fourth-order valence-electron chi connectivity index (χ4n) is 2.71. The summed E-state index contributed by atoms with van der Waals surface area (Å²) in [4.78, 5) is 6.61. The van der Waals surface area contributed by atoms with E-state index in [0.717, 1.165) is 25.2 Å². The van der Waals surface area contributed by atoms with Crippen LogP contribution in [0.1, 0.15) is 19.8 Å². The third-order valence-corrected chi connectivity index (χ3v) is 5.18. The second kappa shape index (κ2) is 6.87. The van der Waals surface area contributed by atoms with Crippen molar-refractivity contribution in [1.82, 2.24) is 0 Å². The van der Waals surface area contributed by atoms with Gasteiger partial charge in [-0.05, 0) is 37.0 Å². The van der Waals surface area contributed by atoms with Gasteiger partial charge in [-0.2, -0.15) is 0 Å². The molecule has 0 aromatic heterocycles. The van der Waals surface area contributed by atoms with Crippen molar-refractivity contribution in [2.75, 3.05) is 30.1 Å². The highest BCUT2D eigenvalue weighted by atomic mass is 35.5. The van der Waals surface area contributed by atoms with Gasteiger partial charge >= 0.3 is 0 Å². The molecule has 0 amide bonds. The van der Waals surface area contributed by atoms with Crippen LogP contribution in [0.4, 0.5) is 11.4 Å². The minimum Gasteiger partial charge on any atom is -0.386 e. The van der Waals surface area contributed by atoms with Crippen molar-refractivity contribution in [2.45, 2.75) is 24.7 Å². The summed E-state index contributed by atoms with van der Waals surface area (Å²) in [5, 5.41) is 0. The molecule has 2 N–H and O–H groups in total. The Morgan fingerprint density at radius 3 is 2.82 bits per heavy atom. The molecule has 22 heavy (non-hydrogen) atoms. The van der Waals surface area contributed by atoms with Gasteiger partial charge in [0.05, 0.1) is 16.5 Å². The van der Waals surface area contributed by atoms with Crippen LogP contribution >= 0.6 is 11.6 Å². The molecule has 1 aromatic rings. The molecule has 1 aliphatic rings. The Morgan fingerprint density at radius 1 is 1.50 bits per heavy atom. The highest BCUT2D eigenvalue weighted by molar-refractivity contribution is 7.90. The van der Waals surface area contributed by atoms with E-state index in [2.05, 4.69) is 16.8 Å². The highest BCUT2D eigenvalue weighted by Crippen LogP contribution is 2.31.